The summed E-state index contributed by atoms with van der Waals surface area (Å²) in [5.74, 6) is -8.03. The molecule has 0 aromatic heterocycles. The predicted molar refractivity (Wildman–Crippen MR) is 383 cm³/mol. The van der Waals surface area contributed by atoms with Crippen molar-refractivity contribution in [2.45, 2.75) is 0 Å². The number of carbonyl (C=O) groups is 13. The molecule has 0 fully saturated rings. The average Bonchev–Trinajstić information content (AvgIpc) is 0.886. The molecule has 0 aliphatic rings. The molecule has 33 heteroatoms. The van der Waals surface area contributed by atoms with Gasteiger partial charge in [0.2, 0.25) is 0 Å². The first-order valence-electron chi connectivity index (χ1n) is 32.7. The van der Waals surface area contributed by atoms with E-state index in [1.807, 2.05) is 6.07 Å². The van der Waals surface area contributed by atoms with Crippen LogP contribution in [0.4, 0.5) is 0 Å². The molecule has 33 nitrogen and oxygen atoms in total. The van der Waals surface area contributed by atoms with Gasteiger partial charge in [-0.2, -0.15) is 0 Å². The lowest BCUT2D eigenvalue weighted by Gasteiger charge is -2.09. The number of carbonyl (C=O) groups excluding carboxylic acids is 13. The van der Waals surface area contributed by atoms with E-state index in [9.17, 15) is 62.3 Å². The van der Waals surface area contributed by atoms with Crippen LogP contribution < -0.4 is 0 Å². The maximum Gasteiger partial charge on any atom is 0.340 e. The van der Waals surface area contributed by atoms with Gasteiger partial charge in [0.05, 0.1) is 106 Å². The van der Waals surface area contributed by atoms with Gasteiger partial charge in [-0.05, 0) is 158 Å². The molecule has 0 aliphatic carbocycles. The molecule has 0 heterocycles. The summed E-state index contributed by atoms with van der Waals surface area (Å²) < 4.78 is 63.3. The summed E-state index contributed by atoms with van der Waals surface area (Å²) in [7, 11) is 1.37. The minimum atomic E-state index is -0.701. The molecule has 0 spiro atoms. The van der Waals surface area contributed by atoms with Crippen LogP contribution in [-0.2, 0) is 61.6 Å². The second-order valence-corrected chi connectivity index (χ2v) is 20.9. The van der Waals surface area contributed by atoms with Crippen molar-refractivity contribution in [1.82, 2.24) is 0 Å². The minimum Gasteiger partial charge on any atom is -0.465 e. The second kappa shape index (κ2) is 53.4. The van der Waals surface area contributed by atoms with Gasteiger partial charge < -0.3 is 97.7 Å². The normalized spacial score (nSPS) is 9.83. The van der Waals surface area contributed by atoms with Crippen molar-refractivity contribution in [3.05, 3.63) is 285 Å². The number of esters is 13. The number of rotatable bonds is 32. The van der Waals surface area contributed by atoms with Crippen molar-refractivity contribution < 1.29 is 160 Å². The Morgan fingerprint density at radius 1 is 0.189 bits per heavy atom. The highest BCUT2D eigenvalue weighted by Gasteiger charge is 2.18. The molecule has 0 amide bonds. The third kappa shape index (κ3) is 34.8. The zero-order valence-corrected chi connectivity index (χ0v) is 59.3. The van der Waals surface area contributed by atoms with Crippen LogP contribution in [-0.4, -0.2) is 227 Å². The summed E-state index contributed by atoms with van der Waals surface area (Å²) in [6, 6.07) is 53.2. The fourth-order valence-electron chi connectivity index (χ4n) is 8.02. The third-order valence-electron chi connectivity index (χ3n) is 13.3. The maximum absolute atomic E-state index is 12.3. The molecular formula is C78H78O33. The summed E-state index contributed by atoms with van der Waals surface area (Å²) in [5, 5.41) is 49.3. The summed E-state index contributed by atoms with van der Waals surface area (Å²) in [4.78, 5) is 153. The van der Waals surface area contributed by atoms with Gasteiger partial charge >= 0.3 is 77.6 Å². The number of hydrogen-bond acceptors (Lipinski definition) is 32. The Morgan fingerprint density at radius 2 is 0.324 bits per heavy atom. The Morgan fingerprint density at radius 3 is 0.459 bits per heavy atom. The molecule has 0 saturated heterocycles. The van der Waals surface area contributed by atoms with Crippen molar-refractivity contribution in [2.75, 3.05) is 113 Å². The maximum atomic E-state index is 12.3. The number of benzene rings is 8. The largest absolute Gasteiger partial charge is 0.465 e. The molecular weight excluding hydrogens is 1460 g/mol. The molecule has 0 unspecified atom stereocenters. The third-order valence-corrected chi connectivity index (χ3v) is 13.3. The van der Waals surface area contributed by atoms with Crippen LogP contribution in [0.1, 0.15) is 135 Å². The monoisotopic (exact) mass is 1540 g/mol. The molecule has 0 saturated carbocycles. The van der Waals surface area contributed by atoms with Gasteiger partial charge in [-0.15, -0.1) is 0 Å². The second-order valence-electron chi connectivity index (χ2n) is 20.9. The molecule has 8 rings (SSSR count). The van der Waals surface area contributed by atoms with Crippen LogP contribution in [0.2, 0.25) is 0 Å². The zero-order valence-electron chi connectivity index (χ0n) is 59.3. The lowest BCUT2D eigenvalue weighted by atomic mass is 10.1. The number of aliphatic hydroxyl groups excluding tert-OH is 6. The SMILES string of the molecule is COC(=O)c1ccccc1.O.O=C(OCCO)c1ccc(C(=O)OCCOC(=O)c2ccc(C(=O)OCCO)cc2)cc1.O=C(OCCOC(=O)c1ccc(C(=O)OCCOC(=O)c2ccc(C(=O)OCCOC(=O)c3ccccc3)cc2)cc1)c1ccccc1.O=C(OCO)c1ccc(C(=O)OCO)cc1.OCCO. The fourth-order valence-corrected chi connectivity index (χ4v) is 8.02. The summed E-state index contributed by atoms with van der Waals surface area (Å²) >= 11 is 0. The van der Waals surface area contributed by atoms with Crippen molar-refractivity contribution in [3.63, 3.8) is 0 Å². The van der Waals surface area contributed by atoms with Gasteiger partial charge in [-0.1, -0.05) is 54.6 Å². The predicted octanol–water partition coefficient (Wildman–Crippen LogP) is 5.25. The number of hydrogen-bond donors (Lipinski definition) is 6. The number of ether oxygens (including phenoxy) is 13. The van der Waals surface area contributed by atoms with Gasteiger partial charge in [-0.25, -0.2) is 62.3 Å². The highest BCUT2D eigenvalue weighted by molar-refractivity contribution is 5.97. The van der Waals surface area contributed by atoms with Gasteiger partial charge in [0.25, 0.3) is 0 Å². The van der Waals surface area contributed by atoms with E-state index < -0.39 is 85.2 Å². The minimum absolute atomic E-state index is 0. The van der Waals surface area contributed by atoms with Gasteiger partial charge in [0.15, 0.2) is 13.6 Å². The first kappa shape index (κ1) is 91.8. The fraction of sp³-hybridized carbons (Fsp3) is 0.218. The molecule has 0 bridgehead atoms. The van der Waals surface area contributed by atoms with Crippen LogP contribution >= 0.6 is 0 Å². The van der Waals surface area contributed by atoms with E-state index in [2.05, 4.69) is 14.2 Å². The lowest BCUT2D eigenvalue weighted by Crippen LogP contribution is -2.15. The van der Waals surface area contributed by atoms with Crippen molar-refractivity contribution in [2.24, 2.45) is 0 Å². The number of methoxy groups -OCH3 is 1. The van der Waals surface area contributed by atoms with Crippen molar-refractivity contribution in [1.29, 1.82) is 0 Å². The molecule has 8 aromatic rings. The molecule has 0 atom stereocenters. The van der Waals surface area contributed by atoms with Crippen molar-refractivity contribution in [3.8, 4) is 0 Å². The van der Waals surface area contributed by atoms with Crippen LogP contribution in [0, 0.1) is 0 Å². The van der Waals surface area contributed by atoms with Gasteiger partial charge in [0.1, 0.15) is 66.1 Å². The van der Waals surface area contributed by atoms with E-state index in [0.717, 1.165) is 0 Å². The van der Waals surface area contributed by atoms with Gasteiger partial charge in [-0.3, -0.25) is 0 Å². The van der Waals surface area contributed by atoms with Crippen molar-refractivity contribution >= 4 is 77.6 Å². The molecule has 8 aromatic carbocycles. The summed E-state index contributed by atoms with van der Waals surface area (Å²) in [6.45, 7) is -3.82. The van der Waals surface area contributed by atoms with E-state index in [1.54, 1.807) is 84.9 Å². The van der Waals surface area contributed by atoms with E-state index in [-0.39, 0.29) is 160 Å². The Bertz CT molecular complexity index is 3950. The molecule has 8 N–H and O–H groups in total. The van der Waals surface area contributed by atoms with Gasteiger partial charge in [0, 0.05) is 0 Å². The average molecular weight is 1540 g/mol. The van der Waals surface area contributed by atoms with E-state index in [1.165, 1.54) is 128 Å². The molecule has 111 heavy (non-hydrogen) atoms. The smallest absolute Gasteiger partial charge is 0.340 e. The van der Waals surface area contributed by atoms with Crippen LogP contribution in [0.3, 0.4) is 0 Å². The standard InChI is InChI=1S/C36H30O12.C22H22O10.C10H10O6.C8H8O2.C2H6O2.H2O/c37-31(25-7-3-1-4-8-25)43-19-21-45-33(39)27-11-15-29(16-12-27)35(41)47-23-24-48-36(42)30-17-13-28(14-18-30)34(40)46-22-20-44-32(38)26-9-5-2-6-10-26;23-9-11-29-19(25)15-1-5-17(6-2-15)21(27)31-13-14-32-22(28)18-7-3-16(4-8-18)20(26)30-12-10-24;11-5-15-9(13)7-1-2-8(4-3-7)10(14)16-6-12;1-10-8(9)7-5-3-2-4-6-7;3-1-2-4;/h1-18H,19-24H2;1-8,23-24H,9-14H2;1-4,11-12H,5-6H2;2-6H,1H3;3-4H,1-2H2;1H2. The highest BCUT2D eigenvalue weighted by atomic mass is 16.6. The molecule has 0 radical (unpaired) electrons. The molecule has 0 aliphatic heterocycles. The van der Waals surface area contributed by atoms with Crippen LogP contribution in [0.5, 0.6) is 0 Å². The quantitative estimate of drug-likeness (QED) is 0.0136. The first-order chi connectivity index (χ1) is 53.2. The summed E-state index contributed by atoms with van der Waals surface area (Å²) in [6.07, 6.45) is 0. The van der Waals surface area contributed by atoms with E-state index in [0.29, 0.717) is 16.7 Å². The Balaban J connectivity index is 0.000000430. The Hall–Kier alpha value is -13.4. The Labute approximate surface area is 633 Å². The first-order valence-corrected chi connectivity index (χ1v) is 32.7. The lowest BCUT2D eigenvalue weighted by molar-refractivity contribution is 0.00523. The van der Waals surface area contributed by atoms with Crippen LogP contribution in [0.25, 0.3) is 0 Å². The zero-order chi connectivity index (χ0) is 80.3. The Kier molecular flexibility index (Phi) is 44.1. The van der Waals surface area contributed by atoms with E-state index in [4.69, 9.17) is 78.0 Å². The topological polar surface area (TPSA) is 495 Å². The van der Waals surface area contributed by atoms with E-state index >= 15 is 0 Å². The van der Waals surface area contributed by atoms with Crippen LogP contribution in [0.15, 0.2) is 212 Å². The summed E-state index contributed by atoms with van der Waals surface area (Å²) in [5.41, 5.74) is 3.26. The highest BCUT2D eigenvalue weighted by Crippen LogP contribution is 2.14. The number of aliphatic hydroxyl groups is 6. The molecule has 588 valence electrons.